The van der Waals surface area contributed by atoms with Gasteiger partial charge >= 0.3 is 6.18 Å². The minimum absolute atomic E-state index is 0.119. The molecule has 0 unspecified atom stereocenters. The van der Waals surface area contributed by atoms with Crippen molar-refractivity contribution in [3.8, 4) is 5.69 Å². The molecule has 33 heavy (non-hydrogen) atoms. The van der Waals surface area contributed by atoms with Crippen molar-refractivity contribution in [1.29, 1.82) is 0 Å². The third kappa shape index (κ3) is 4.01. The molecule has 0 spiro atoms. The average molecular weight is 467 g/mol. The third-order valence-electron chi connectivity index (χ3n) is 5.17. The van der Waals surface area contributed by atoms with E-state index in [4.69, 9.17) is 11.6 Å². The number of anilines is 2. The summed E-state index contributed by atoms with van der Waals surface area (Å²) in [6.07, 6.45) is -1.36. The molecule has 9 heteroatoms. The summed E-state index contributed by atoms with van der Waals surface area (Å²) in [6, 6.07) is 16.4. The summed E-state index contributed by atoms with van der Waals surface area (Å²) < 4.78 is 41.2. The van der Waals surface area contributed by atoms with E-state index in [1.807, 2.05) is 6.07 Å². The molecule has 5 aromatic rings. The third-order valence-corrected chi connectivity index (χ3v) is 5.39. The number of fused-ring (bicyclic) bond motifs is 3. The molecule has 0 aliphatic heterocycles. The van der Waals surface area contributed by atoms with Crippen LogP contribution in [0.1, 0.15) is 5.56 Å². The van der Waals surface area contributed by atoms with Crippen molar-refractivity contribution in [2.45, 2.75) is 6.18 Å². The molecule has 1 N–H and O–H groups in total. The maximum atomic E-state index is 13.3. The van der Waals surface area contributed by atoms with Crippen LogP contribution in [-0.4, -0.2) is 14.5 Å². The highest BCUT2D eigenvalue weighted by Crippen LogP contribution is 2.32. The summed E-state index contributed by atoms with van der Waals surface area (Å²) in [5.74, 6) is 0. The number of nitrogens with one attached hydrogen (secondary N) is 1. The van der Waals surface area contributed by atoms with Crippen molar-refractivity contribution < 1.29 is 13.2 Å². The summed E-state index contributed by atoms with van der Waals surface area (Å²) >= 11 is 5.84. The van der Waals surface area contributed by atoms with Crippen LogP contribution >= 0.6 is 11.6 Å². The Morgan fingerprint density at radius 1 is 0.879 bits per heavy atom. The first kappa shape index (κ1) is 21.0. The van der Waals surface area contributed by atoms with Crippen LogP contribution in [0.25, 0.3) is 27.5 Å². The lowest BCUT2D eigenvalue weighted by Crippen LogP contribution is -2.18. The highest BCUT2D eigenvalue weighted by atomic mass is 35.5. The molecule has 3 aromatic heterocycles. The molecule has 0 bridgehead atoms. The number of alkyl halides is 3. The first-order valence-electron chi connectivity index (χ1n) is 9.80. The van der Waals surface area contributed by atoms with E-state index in [9.17, 15) is 18.0 Å². The number of pyridine rings is 3. The topological polar surface area (TPSA) is 59.8 Å². The zero-order valence-electron chi connectivity index (χ0n) is 16.8. The fraction of sp³-hybridized carbons (Fsp3) is 0.0417. The first-order valence-corrected chi connectivity index (χ1v) is 10.2. The Balaban J connectivity index is 1.74. The zero-order valence-corrected chi connectivity index (χ0v) is 17.5. The van der Waals surface area contributed by atoms with Gasteiger partial charge in [0, 0.05) is 34.4 Å². The van der Waals surface area contributed by atoms with E-state index < -0.39 is 17.3 Å². The van der Waals surface area contributed by atoms with Crippen LogP contribution in [0.4, 0.5) is 24.5 Å². The second-order valence-corrected chi connectivity index (χ2v) is 7.73. The molecular weight excluding hydrogens is 453 g/mol. The lowest BCUT2D eigenvalue weighted by molar-refractivity contribution is -0.137. The van der Waals surface area contributed by atoms with E-state index in [1.54, 1.807) is 42.7 Å². The van der Waals surface area contributed by atoms with Crippen LogP contribution in [0, 0.1) is 0 Å². The van der Waals surface area contributed by atoms with Gasteiger partial charge in [-0.3, -0.25) is 14.3 Å². The van der Waals surface area contributed by atoms with Crippen LogP contribution < -0.4 is 10.9 Å². The van der Waals surface area contributed by atoms with Crippen molar-refractivity contribution in [1.82, 2.24) is 14.5 Å². The largest absolute Gasteiger partial charge is 0.416 e. The molecule has 0 atom stereocenters. The molecule has 0 aliphatic carbocycles. The molecule has 5 nitrogen and oxygen atoms in total. The number of benzene rings is 2. The Morgan fingerprint density at radius 2 is 1.70 bits per heavy atom. The second-order valence-electron chi connectivity index (χ2n) is 7.34. The molecule has 3 heterocycles. The summed E-state index contributed by atoms with van der Waals surface area (Å²) in [5.41, 5.74) is 1.27. The van der Waals surface area contributed by atoms with E-state index in [1.165, 1.54) is 22.8 Å². The molecule has 0 saturated heterocycles. The van der Waals surface area contributed by atoms with Crippen molar-refractivity contribution in [3.63, 3.8) is 0 Å². The minimum atomic E-state index is -4.53. The summed E-state index contributed by atoms with van der Waals surface area (Å²) in [5, 5.41) is 4.79. The maximum Gasteiger partial charge on any atom is 0.416 e. The number of aromatic nitrogens is 3. The monoisotopic (exact) mass is 466 g/mol. The number of hydrogen-bond acceptors (Lipinski definition) is 4. The van der Waals surface area contributed by atoms with Crippen molar-refractivity contribution in [2.24, 2.45) is 0 Å². The Hall–Kier alpha value is -3.91. The lowest BCUT2D eigenvalue weighted by atomic mass is 10.1. The van der Waals surface area contributed by atoms with Gasteiger partial charge in [0.1, 0.15) is 5.15 Å². The average Bonchev–Trinajstić information content (AvgIpc) is 2.80. The summed E-state index contributed by atoms with van der Waals surface area (Å²) in [6.45, 7) is 0. The Labute approximate surface area is 190 Å². The van der Waals surface area contributed by atoms with Gasteiger partial charge in [-0.15, -0.1) is 0 Å². The van der Waals surface area contributed by atoms with Crippen LogP contribution in [0.2, 0.25) is 5.15 Å². The minimum Gasteiger partial charge on any atom is -0.354 e. The predicted octanol–water partition coefficient (Wildman–Crippen LogP) is 6.35. The van der Waals surface area contributed by atoms with E-state index in [0.29, 0.717) is 38.3 Å². The molecule has 0 aliphatic rings. The van der Waals surface area contributed by atoms with E-state index in [2.05, 4.69) is 15.3 Å². The highest BCUT2D eigenvalue weighted by Gasteiger charge is 2.30. The molecule has 0 fully saturated rings. The number of rotatable bonds is 3. The molecule has 164 valence electrons. The van der Waals surface area contributed by atoms with Crippen LogP contribution in [0.15, 0.2) is 83.9 Å². The number of halogens is 4. The number of nitrogens with zero attached hydrogens (tertiary/aromatic N) is 3. The fourth-order valence-corrected chi connectivity index (χ4v) is 3.79. The van der Waals surface area contributed by atoms with E-state index >= 15 is 0 Å². The van der Waals surface area contributed by atoms with Gasteiger partial charge < -0.3 is 5.32 Å². The van der Waals surface area contributed by atoms with Gasteiger partial charge in [0.2, 0.25) is 0 Å². The summed E-state index contributed by atoms with van der Waals surface area (Å²) in [4.78, 5) is 21.3. The predicted molar refractivity (Wildman–Crippen MR) is 122 cm³/mol. The van der Waals surface area contributed by atoms with Crippen molar-refractivity contribution in [3.05, 3.63) is 100 Å². The Kier molecular flexibility index (Phi) is 5.02. The quantitative estimate of drug-likeness (QED) is 0.248. The van der Waals surface area contributed by atoms with Crippen molar-refractivity contribution in [2.75, 3.05) is 5.32 Å². The lowest BCUT2D eigenvalue weighted by Gasteiger charge is -2.15. The van der Waals surface area contributed by atoms with Gasteiger partial charge in [0.05, 0.1) is 28.5 Å². The number of hydrogen-bond donors (Lipinski definition) is 1. The van der Waals surface area contributed by atoms with Gasteiger partial charge in [-0.05, 0) is 54.6 Å². The standard InChI is InChI=1S/C24H14ClF3N4O/c25-21-8-6-17(13-30-21)31-16-5-7-20-19(11-16)23-14(12-29-20)4-9-22(33)32(23)18-3-1-2-15(10-18)24(26,27)28/h1-13,31H. The van der Waals surface area contributed by atoms with Crippen LogP contribution in [0.5, 0.6) is 0 Å². The van der Waals surface area contributed by atoms with Gasteiger partial charge in [0.25, 0.3) is 5.56 Å². The SMILES string of the molecule is O=c1ccc2cnc3ccc(Nc4ccc(Cl)nc4)cc3c2n1-c1cccc(C(F)(F)F)c1. The zero-order chi connectivity index (χ0) is 23.2. The molecular formula is C24H14ClF3N4O. The Morgan fingerprint density at radius 3 is 2.45 bits per heavy atom. The molecule has 0 amide bonds. The van der Waals surface area contributed by atoms with Crippen LogP contribution in [0.3, 0.4) is 0 Å². The van der Waals surface area contributed by atoms with Crippen LogP contribution in [-0.2, 0) is 6.18 Å². The van der Waals surface area contributed by atoms with E-state index in [-0.39, 0.29) is 5.69 Å². The van der Waals surface area contributed by atoms with Gasteiger partial charge in [-0.2, -0.15) is 13.2 Å². The van der Waals surface area contributed by atoms with Gasteiger partial charge in [-0.25, -0.2) is 4.98 Å². The second kappa shape index (κ2) is 7.90. The maximum absolute atomic E-state index is 13.3. The molecule has 0 saturated carbocycles. The van der Waals surface area contributed by atoms with Gasteiger partial charge in [-0.1, -0.05) is 17.7 Å². The van der Waals surface area contributed by atoms with E-state index in [0.717, 1.165) is 12.1 Å². The smallest absolute Gasteiger partial charge is 0.354 e. The fourth-order valence-electron chi connectivity index (χ4n) is 3.68. The molecule has 0 radical (unpaired) electrons. The van der Waals surface area contributed by atoms with Gasteiger partial charge in [0.15, 0.2) is 0 Å². The van der Waals surface area contributed by atoms with Crippen molar-refractivity contribution >= 4 is 44.8 Å². The molecule has 2 aromatic carbocycles. The first-order chi connectivity index (χ1) is 15.8. The summed E-state index contributed by atoms with van der Waals surface area (Å²) in [7, 11) is 0. The molecule has 5 rings (SSSR count). The normalized spacial score (nSPS) is 11.8. The highest BCUT2D eigenvalue weighted by molar-refractivity contribution is 6.29. The Bertz CT molecular complexity index is 1560.